The molecule has 1 aromatic carbocycles. The molecule has 0 atom stereocenters. The van der Waals surface area contributed by atoms with Crippen molar-refractivity contribution in [2.45, 2.75) is 40.2 Å². The molecule has 7 nitrogen and oxygen atoms in total. The summed E-state index contributed by atoms with van der Waals surface area (Å²) in [5.41, 5.74) is 3.83. The van der Waals surface area contributed by atoms with Gasteiger partial charge in [-0.1, -0.05) is 10.3 Å². The van der Waals surface area contributed by atoms with E-state index in [0.717, 1.165) is 46.7 Å². The number of benzene rings is 1. The molecule has 0 unspecified atom stereocenters. The Labute approximate surface area is 152 Å². The van der Waals surface area contributed by atoms with Crippen LogP contribution in [0.25, 0.3) is 11.4 Å². The fourth-order valence-electron chi connectivity index (χ4n) is 2.83. The predicted octanol–water partition coefficient (Wildman–Crippen LogP) is 3.81. The second kappa shape index (κ2) is 8.14. The highest BCUT2D eigenvalue weighted by Gasteiger charge is 2.12. The van der Waals surface area contributed by atoms with Crippen LogP contribution < -0.4 is 4.74 Å². The molecule has 0 spiro atoms. The Balaban J connectivity index is 1.57. The summed E-state index contributed by atoms with van der Waals surface area (Å²) in [5, 5.41) is 7.92. The lowest BCUT2D eigenvalue weighted by molar-refractivity contribution is 0.177. The number of aromatic nitrogens is 3. The molecule has 0 saturated carbocycles. The molecule has 0 amide bonds. The van der Waals surface area contributed by atoms with Crippen molar-refractivity contribution in [2.75, 3.05) is 13.7 Å². The van der Waals surface area contributed by atoms with E-state index in [4.69, 9.17) is 18.5 Å². The summed E-state index contributed by atoms with van der Waals surface area (Å²) in [6.45, 7) is 6.88. The average Bonchev–Trinajstić information content (AvgIpc) is 3.23. The first-order valence-corrected chi connectivity index (χ1v) is 8.55. The Morgan fingerprint density at radius 2 is 1.77 bits per heavy atom. The molecule has 7 heteroatoms. The van der Waals surface area contributed by atoms with Crippen molar-refractivity contribution in [2.24, 2.45) is 0 Å². The molecule has 2 aromatic heterocycles. The molecule has 0 saturated heterocycles. The van der Waals surface area contributed by atoms with Gasteiger partial charge in [0.05, 0.1) is 13.2 Å². The molecule has 0 fully saturated rings. The minimum Gasteiger partial charge on any atom is -0.493 e. The van der Waals surface area contributed by atoms with Crippen molar-refractivity contribution in [1.29, 1.82) is 0 Å². The third-order valence-electron chi connectivity index (χ3n) is 3.96. The maximum Gasteiger partial charge on any atom is 0.223 e. The number of methoxy groups -OCH3 is 1. The highest BCUT2D eigenvalue weighted by Crippen LogP contribution is 2.29. The first kappa shape index (κ1) is 18.1. The van der Waals surface area contributed by atoms with E-state index < -0.39 is 0 Å². The van der Waals surface area contributed by atoms with Crippen molar-refractivity contribution >= 4 is 0 Å². The highest BCUT2D eigenvalue weighted by atomic mass is 16.5. The van der Waals surface area contributed by atoms with Crippen molar-refractivity contribution in [3.05, 3.63) is 46.7 Å². The van der Waals surface area contributed by atoms with Crippen LogP contribution in [0.3, 0.4) is 0 Å². The van der Waals surface area contributed by atoms with Crippen LogP contribution in [0.5, 0.6) is 5.75 Å². The fraction of sp³-hybridized carbons (Fsp3) is 0.421. The van der Waals surface area contributed by atoms with E-state index in [1.54, 1.807) is 14.0 Å². The molecule has 3 rings (SSSR count). The molecular formula is C19H23N3O4. The van der Waals surface area contributed by atoms with Crippen LogP contribution >= 0.6 is 0 Å². The van der Waals surface area contributed by atoms with Gasteiger partial charge in [0.25, 0.3) is 0 Å². The van der Waals surface area contributed by atoms with E-state index >= 15 is 0 Å². The van der Waals surface area contributed by atoms with E-state index in [1.807, 2.05) is 32.0 Å². The lowest BCUT2D eigenvalue weighted by atomic mass is 10.1. The number of hydrogen-bond acceptors (Lipinski definition) is 7. The SMILES string of the molecule is COCc1cc(CCCOc2c(C)cc(-c3noc(C)n3)cc2C)on1. The van der Waals surface area contributed by atoms with Crippen LogP contribution in [0.4, 0.5) is 0 Å². The van der Waals surface area contributed by atoms with Crippen LogP contribution in [0.1, 0.15) is 34.9 Å². The van der Waals surface area contributed by atoms with Crippen LogP contribution in [-0.2, 0) is 17.8 Å². The first-order chi connectivity index (χ1) is 12.6. The van der Waals surface area contributed by atoms with Gasteiger partial charge in [-0.15, -0.1) is 0 Å². The van der Waals surface area contributed by atoms with Crippen molar-refractivity contribution in [3.63, 3.8) is 0 Å². The van der Waals surface area contributed by atoms with E-state index in [-0.39, 0.29) is 0 Å². The third-order valence-corrected chi connectivity index (χ3v) is 3.96. The molecule has 0 N–H and O–H groups in total. The quantitative estimate of drug-likeness (QED) is 0.567. The van der Waals surface area contributed by atoms with Gasteiger partial charge < -0.3 is 18.5 Å². The van der Waals surface area contributed by atoms with Gasteiger partial charge in [-0.25, -0.2) is 0 Å². The Morgan fingerprint density at radius 3 is 2.42 bits per heavy atom. The Hall–Kier alpha value is -2.67. The van der Waals surface area contributed by atoms with Crippen molar-refractivity contribution in [1.82, 2.24) is 15.3 Å². The summed E-state index contributed by atoms with van der Waals surface area (Å²) in [6, 6.07) is 5.95. The maximum atomic E-state index is 5.99. The summed E-state index contributed by atoms with van der Waals surface area (Å²) in [7, 11) is 1.64. The van der Waals surface area contributed by atoms with Gasteiger partial charge >= 0.3 is 0 Å². The summed E-state index contributed by atoms with van der Waals surface area (Å²) >= 11 is 0. The lowest BCUT2D eigenvalue weighted by Crippen LogP contribution is -2.02. The van der Waals surface area contributed by atoms with Crippen LogP contribution in [-0.4, -0.2) is 29.0 Å². The number of nitrogens with zero attached hydrogens (tertiary/aromatic N) is 3. The van der Waals surface area contributed by atoms with E-state index in [2.05, 4.69) is 15.3 Å². The van der Waals surface area contributed by atoms with Crippen LogP contribution in [0.2, 0.25) is 0 Å². The summed E-state index contributed by atoms with van der Waals surface area (Å²) < 4.78 is 21.3. The number of ether oxygens (including phenoxy) is 2. The minimum atomic E-state index is 0.463. The molecule has 2 heterocycles. The molecule has 3 aromatic rings. The lowest BCUT2D eigenvalue weighted by Gasteiger charge is -2.13. The maximum absolute atomic E-state index is 5.99. The summed E-state index contributed by atoms with van der Waals surface area (Å²) in [5.74, 6) is 2.89. The minimum absolute atomic E-state index is 0.463. The zero-order chi connectivity index (χ0) is 18.5. The van der Waals surface area contributed by atoms with Crippen molar-refractivity contribution in [3.8, 4) is 17.1 Å². The number of rotatable bonds is 8. The molecule has 0 aliphatic carbocycles. The van der Waals surface area contributed by atoms with Gasteiger partial charge in [0, 0.05) is 32.1 Å². The fourth-order valence-corrected chi connectivity index (χ4v) is 2.83. The van der Waals surface area contributed by atoms with E-state index in [0.29, 0.717) is 24.9 Å². The number of aryl methyl sites for hydroxylation is 4. The molecule has 0 radical (unpaired) electrons. The van der Waals surface area contributed by atoms with Gasteiger partial charge in [-0.05, 0) is 43.5 Å². The van der Waals surface area contributed by atoms with Crippen LogP contribution in [0, 0.1) is 20.8 Å². The van der Waals surface area contributed by atoms with E-state index in [9.17, 15) is 0 Å². The van der Waals surface area contributed by atoms with Gasteiger partial charge in [0.2, 0.25) is 11.7 Å². The van der Waals surface area contributed by atoms with Gasteiger partial charge in [0.1, 0.15) is 17.2 Å². The van der Waals surface area contributed by atoms with Crippen LogP contribution in [0.15, 0.2) is 27.2 Å². The molecule has 138 valence electrons. The number of hydrogen-bond donors (Lipinski definition) is 0. The van der Waals surface area contributed by atoms with Gasteiger partial charge in [-0.2, -0.15) is 4.98 Å². The zero-order valence-electron chi connectivity index (χ0n) is 15.5. The second-order valence-corrected chi connectivity index (χ2v) is 6.25. The molecular weight excluding hydrogens is 334 g/mol. The molecule has 0 bridgehead atoms. The topological polar surface area (TPSA) is 83.4 Å². The molecule has 26 heavy (non-hydrogen) atoms. The van der Waals surface area contributed by atoms with Crippen molar-refractivity contribution < 1.29 is 18.5 Å². The molecule has 0 aliphatic heterocycles. The Morgan fingerprint density at radius 1 is 1.00 bits per heavy atom. The highest BCUT2D eigenvalue weighted by molar-refractivity contribution is 5.60. The van der Waals surface area contributed by atoms with Gasteiger partial charge in [0.15, 0.2) is 0 Å². The monoisotopic (exact) mass is 357 g/mol. The normalized spacial score (nSPS) is 11.1. The molecule has 0 aliphatic rings. The second-order valence-electron chi connectivity index (χ2n) is 6.25. The van der Waals surface area contributed by atoms with Gasteiger partial charge in [-0.3, -0.25) is 0 Å². The first-order valence-electron chi connectivity index (χ1n) is 8.55. The van der Waals surface area contributed by atoms with E-state index in [1.165, 1.54) is 0 Å². The Kier molecular flexibility index (Phi) is 5.68. The smallest absolute Gasteiger partial charge is 0.223 e. The Bertz CT molecular complexity index is 846. The largest absolute Gasteiger partial charge is 0.493 e. The summed E-state index contributed by atoms with van der Waals surface area (Å²) in [6.07, 6.45) is 1.61. The zero-order valence-corrected chi connectivity index (χ0v) is 15.5. The predicted molar refractivity (Wildman–Crippen MR) is 95.0 cm³/mol. The summed E-state index contributed by atoms with van der Waals surface area (Å²) in [4.78, 5) is 4.27. The standard InChI is InChI=1S/C19H23N3O4/c1-12-8-15(19-20-14(3)25-22-19)9-13(2)18(12)24-7-5-6-17-10-16(11-23-4)21-26-17/h8-10H,5-7,11H2,1-4H3. The average molecular weight is 357 g/mol. The third kappa shape index (κ3) is 4.29.